The Morgan fingerprint density at radius 3 is 2.61 bits per heavy atom. The Morgan fingerprint density at radius 2 is 2.04 bits per heavy atom. The molecule has 0 saturated carbocycles. The lowest BCUT2D eigenvalue weighted by Crippen LogP contribution is -2.53. The molecule has 1 heterocycles. The predicted molar refractivity (Wildman–Crippen MR) is 125 cm³/mol. The van der Waals surface area contributed by atoms with Crippen LogP contribution in [0.25, 0.3) is 0 Å². The second kappa shape index (κ2) is 14.3. The molecule has 0 aliphatic carbocycles. The van der Waals surface area contributed by atoms with Crippen LogP contribution < -0.4 is 10.6 Å². The van der Waals surface area contributed by atoms with Crippen molar-refractivity contribution >= 4 is 36.0 Å². The maximum atomic E-state index is 12.3. The molecule has 1 fully saturated rings. The molecule has 166 valence electrons. The van der Waals surface area contributed by atoms with Crippen molar-refractivity contribution in [2.24, 2.45) is 10.9 Å². The van der Waals surface area contributed by atoms with E-state index >= 15 is 0 Å². The van der Waals surface area contributed by atoms with Gasteiger partial charge in [0.05, 0.1) is 0 Å². The summed E-state index contributed by atoms with van der Waals surface area (Å²) in [5, 5.41) is 16.0. The van der Waals surface area contributed by atoms with Crippen LogP contribution in [0.1, 0.15) is 66.7 Å². The number of nitrogens with zero attached hydrogens (tertiary/aromatic N) is 2. The molecular formula is C20H41IN4O3. The fraction of sp³-hybridized carbons (Fsp3) is 0.900. The lowest BCUT2D eigenvalue weighted by atomic mass is 10.0. The number of nitrogens with one attached hydrogen (secondary N) is 2. The van der Waals surface area contributed by atoms with Crippen LogP contribution in [0.4, 0.5) is 4.79 Å². The summed E-state index contributed by atoms with van der Waals surface area (Å²) in [6.07, 6.45) is 4.64. The quantitative estimate of drug-likeness (QED) is 0.264. The van der Waals surface area contributed by atoms with Crippen molar-refractivity contribution in [2.45, 2.75) is 78.4 Å². The molecule has 0 aromatic carbocycles. The number of hydrogen-bond donors (Lipinski definition) is 3. The number of aliphatic imine (C=N–C) groups is 1. The van der Waals surface area contributed by atoms with E-state index in [1.807, 2.05) is 27.7 Å². The van der Waals surface area contributed by atoms with E-state index in [4.69, 9.17) is 9.73 Å². The second-order valence-corrected chi connectivity index (χ2v) is 8.30. The highest BCUT2D eigenvalue weighted by Crippen LogP contribution is 2.16. The number of aliphatic hydroxyl groups excluding tert-OH is 1. The van der Waals surface area contributed by atoms with Crippen LogP contribution in [-0.2, 0) is 4.74 Å². The molecule has 0 spiro atoms. The van der Waals surface area contributed by atoms with E-state index in [1.165, 1.54) is 0 Å². The van der Waals surface area contributed by atoms with Crippen molar-refractivity contribution in [1.82, 2.24) is 15.5 Å². The van der Waals surface area contributed by atoms with E-state index in [0.717, 1.165) is 51.2 Å². The summed E-state index contributed by atoms with van der Waals surface area (Å²) >= 11 is 0. The number of piperidine rings is 1. The van der Waals surface area contributed by atoms with Gasteiger partial charge in [0.1, 0.15) is 5.60 Å². The van der Waals surface area contributed by atoms with Crippen LogP contribution in [0.15, 0.2) is 4.99 Å². The number of amides is 1. The van der Waals surface area contributed by atoms with Crippen LogP contribution in [0, 0.1) is 5.92 Å². The van der Waals surface area contributed by atoms with Crippen molar-refractivity contribution in [3.05, 3.63) is 0 Å². The number of rotatable bonds is 8. The zero-order valence-electron chi connectivity index (χ0n) is 18.3. The van der Waals surface area contributed by atoms with E-state index in [2.05, 4.69) is 17.6 Å². The minimum Gasteiger partial charge on any atom is -0.444 e. The number of guanidine groups is 1. The van der Waals surface area contributed by atoms with E-state index in [1.54, 1.807) is 4.90 Å². The third-order valence-corrected chi connectivity index (χ3v) is 4.50. The standard InChI is InChI=1S/C20H40N4O3.HI/c1-6-9-16(11-13-25)14-22-18(21-7-2)23-17-10-8-12-24(15-17)19(26)27-20(3,4)5;/h16-17,25H,6-15H2,1-5H3,(H2,21,22,23);1H. The number of aliphatic hydroxyl groups is 1. The Morgan fingerprint density at radius 1 is 1.32 bits per heavy atom. The van der Waals surface area contributed by atoms with Crippen molar-refractivity contribution in [1.29, 1.82) is 0 Å². The first kappa shape index (κ1) is 27.2. The van der Waals surface area contributed by atoms with Gasteiger partial charge in [-0.25, -0.2) is 4.79 Å². The summed E-state index contributed by atoms with van der Waals surface area (Å²) in [6.45, 7) is 12.9. The number of carbonyl (C=O) groups excluding carboxylic acids is 1. The number of ether oxygens (including phenoxy) is 1. The van der Waals surface area contributed by atoms with Crippen LogP contribution in [-0.4, -0.2) is 66.5 Å². The third kappa shape index (κ3) is 11.3. The van der Waals surface area contributed by atoms with Gasteiger partial charge < -0.3 is 25.4 Å². The van der Waals surface area contributed by atoms with Crippen LogP contribution in [0.2, 0.25) is 0 Å². The maximum absolute atomic E-state index is 12.3. The Labute approximate surface area is 188 Å². The van der Waals surface area contributed by atoms with Gasteiger partial charge >= 0.3 is 6.09 Å². The Bertz CT molecular complexity index is 463. The fourth-order valence-corrected chi connectivity index (χ4v) is 3.24. The first-order chi connectivity index (χ1) is 12.8. The van der Waals surface area contributed by atoms with Crippen molar-refractivity contribution < 1.29 is 14.6 Å². The molecule has 7 nitrogen and oxygen atoms in total. The predicted octanol–water partition coefficient (Wildman–Crippen LogP) is 3.36. The van der Waals surface area contributed by atoms with Gasteiger partial charge in [-0.1, -0.05) is 13.3 Å². The molecule has 28 heavy (non-hydrogen) atoms. The fourth-order valence-electron chi connectivity index (χ4n) is 3.24. The average molecular weight is 512 g/mol. The van der Waals surface area contributed by atoms with Crippen LogP contribution >= 0.6 is 24.0 Å². The van der Waals surface area contributed by atoms with Gasteiger partial charge in [-0.2, -0.15) is 0 Å². The molecule has 8 heteroatoms. The van der Waals surface area contributed by atoms with Gasteiger partial charge in [-0.05, 0) is 59.3 Å². The molecule has 0 aromatic rings. The minimum absolute atomic E-state index is 0. The monoisotopic (exact) mass is 512 g/mol. The maximum Gasteiger partial charge on any atom is 0.410 e. The zero-order chi connectivity index (χ0) is 20.3. The van der Waals surface area contributed by atoms with E-state index in [-0.39, 0.29) is 42.7 Å². The summed E-state index contributed by atoms with van der Waals surface area (Å²) in [7, 11) is 0. The summed E-state index contributed by atoms with van der Waals surface area (Å²) < 4.78 is 5.50. The second-order valence-electron chi connectivity index (χ2n) is 8.30. The molecule has 2 unspecified atom stereocenters. The molecule has 0 aromatic heterocycles. The summed E-state index contributed by atoms with van der Waals surface area (Å²) in [5.74, 6) is 1.19. The normalized spacial score (nSPS) is 18.9. The lowest BCUT2D eigenvalue weighted by Gasteiger charge is -2.35. The minimum atomic E-state index is -0.477. The Hall–Kier alpha value is -0.770. The van der Waals surface area contributed by atoms with E-state index in [0.29, 0.717) is 19.0 Å². The van der Waals surface area contributed by atoms with Gasteiger partial charge in [0, 0.05) is 38.8 Å². The highest BCUT2D eigenvalue weighted by molar-refractivity contribution is 14.0. The van der Waals surface area contributed by atoms with Crippen molar-refractivity contribution in [3.8, 4) is 0 Å². The van der Waals surface area contributed by atoms with Crippen molar-refractivity contribution in [2.75, 3.05) is 32.8 Å². The Kier molecular flexibility index (Phi) is 13.9. The van der Waals surface area contributed by atoms with Gasteiger partial charge in [0.25, 0.3) is 0 Å². The average Bonchev–Trinajstić information content (AvgIpc) is 2.59. The highest BCUT2D eigenvalue weighted by atomic mass is 127. The van der Waals surface area contributed by atoms with Crippen LogP contribution in [0.5, 0.6) is 0 Å². The molecular weight excluding hydrogens is 471 g/mol. The van der Waals surface area contributed by atoms with Crippen molar-refractivity contribution in [3.63, 3.8) is 0 Å². The number of halogens is 1. The third-order valence-electron chi connectivity index (χ3n) is 4.50. The number of carbonyl (C=O) groups is 1. The first-order valence-corrected chi connectivity index (χ1v) is 10.4. The zero-order valence-corrected chi connectivity index (χ0v) is 20.6. The molecule has 3 N–H and O–H groups in total. The molecule has 0 radical (unpaired) electrons. The van der Waals surface area contributed by atoms with Crippen LogP contribution in [0.3, 0.4) is 0 Å². The molecule has 1 saturated heterocycles. The molecule has 1 amide bonds. The summed E-state index contributed by atoms with van der Waals surface area (Å²) in [6, 6.07) is 0.159. The van der Waals surface area contributed by atoms with E-state index < -0.39 is 5.60 Å². The van der Waals surface area contributed by atoms with E-state index in [9.17, 15) is 9.90 Å². The first-order valence-electron chi connectivity index (χ1n) is 10.4. The lowest BCUT2D eigenvalue weighted by molar-refractivity contribution is 0.0193. The Balaban J connectivity index is 0.00000729. The smallest absolute Gasteiger partial charge is 0.410 e. The van der Waals surface area contributed by atoms with Gasteiger partial charge in [-0.15, -0.1) is 24.0 Å². The molecule has 1 rings (SSSR count). The van der Waals surface area contributed by atoms with Gasteiger partial charge in [0.2, 0.25) is 0 Å². The molecule has 1 aliphatic heterocycles. The number of likely N-dealkylation sites (tertiary alicyclic amines) is 1. The highest BCUT2D eigenvalue weighted by Gasteiger charge is 2.28. The topological polar surface area (TPSA) is 86.2 Å². The molecule has 0 bridgehead atoms. The molecule has 1 aliphatic rings. The molecule has 2 atom stereocenters. The SMILES string of the molecule is CCCC(CCO)CN=C(NCC)NC1CCCN(C(=O)OC(C)(C)C)C1.I. The van der Waals surface area contributed by atoms with Gasteiger partial charge in [0.15, 0.2) is 5.96 Å². The number of hydrogen-bond acceptors (Lipinski definition) is 4. The summed E-state index contributed by atoms with van der Waals surface area (Å²) in [4.78, 5) is 18.8. The summed E-state index contributed by atoms with van der Waals surface area (Å²) in [5.41, 5.74) is -0.477. The van der Waals surface area contributed by atoms with Gasteiger partial charge in [-0.3, -0.25) is 4.99 Å². The largest absolute Gasteiger partial charge is 0.444 e.